The number of hydrogen-bond donors (Lipinski definition) is 3. The molecule has 0 bridgehead atoms. The molecule has 7 nitrogen and oxygen atoms in total. The molecule has 4 fully saturated rings. The Hall–Kier alpha value is -1.18. The van der Waals surface area contributed by atoms with E-state index in [0.29, 0.717) is 25.7 Å². The Morgan fingerprint density at radius 1 is 0.895 bits per heavy atom. The lowest BCUT2D eigenvalue weighted by Crippen LogP contribution is -2.69. The lowest BCUT2D eigenvalue weighted by atomic mass is 9.34. The van der Waals surface area contributed by atoms with Crippen molar-refractivity contribution in [3.05, 3.63) is 0 Å². The molecule has 0 aromatic heterocycles. The molecule has 1 heterocycles. The SMILES string of the molecule is COC(=O)C12CCC(C(C)(C)O)OC1C1CCC3C(C)(CCC(=O)O)C(C(C)(C)O)CCC3(C)C1(C)CC2. The molecule has 0 amide bonds. The minimum absolute atomic E-state index is 0.0100. The van der Waals surface area contributed by atoms with E-state index in [9.17, 15) is 24.9 Å². The second-order valence-corrected chi connectivity index (χ2v) is 15.1. The molecule has 9 atom stereocenters. The van der Waals surface area contributed by atoms with Crippen molar-refractivity contribution in [1.82, 2.24) is 0 Å². The van der Waals surface area contributed by atoms with Gasteiger partial charge in [0.25, 0.3) is 0 Å². The summed E-state index contributed by atoms with van der Waals surface area (Å²) >= 11 is 0. The average molecular weight is 537 g/mol. The maximum Gasteiger partial charge on any atom is 0.314 e. The van der Waals surface area contributed by atoms with E-state index in [1.54, 1.807) is 13.8 Å². The number of carboxylic acid groups (broad SMARTS) is 1. The fraction of sp³-hybridized carbons (Fsp3) is 0.935. The maximum absolute atomic E-state index is 13.4. The maximum atomic E-state index is 13.4. The topological polar surface area (TPSA) is 113 Å². The van der Waals surface area contributed by atoms with Crippen LogP contribution in [0, 0.1) is 39.4 Å². The first-order chi connectivity index (χ1) is 17.4. The second-order valence-electron chi connectivity index (χ2n) is 15.1. The van der Waals surface area contributed by atoms with Crippen molar-refractivity contribution in [3.63, 3.8) is 0 Å². The van der Waals surface area contributed by atoms with Crippen molar-refractivity contribution in [2.24, 2.45) is 39.4 Å². The summed E-state index contributed by atoms with van der Waals surface area (Å²) in [6.07, 6.45) is 6.41. The number of carbonyl (C=O) groups is 2. The van der Waals surface area contributed by atoms with Crippen LogP contribution < -0.4 is 0 Å². The van der Waals surface area contributed by atoms with E-state index >= 15 is 0 Å². The Morgan fingerprint density at radius 2 is 1.55 bits per heavy atom. The van der Waals surface area contributed by atoms with Crippen LogP contribution in [0.15, 0.2) is 0 Å². The Bertz CT molecular complexity index is 933. The zero-order chi connectivity index (χ0) is 28.5. The van der Waals surface area contributed by atoms with Crippen molar-refractivity contribution < 1.29 is 34.4 Å². The van der Waals surface area contributed by atoms with E-state index in [4.69, 9.17) is 9.47 Å². The minimum atomic E-state index is -1.00. The molecule has 0 spiro atoms. The molecule has 0 aromatic carbocycles. The van der Waals surface area contributed by atoms with Crippen LogP contribution in [0.2, 0.25) is 0 Å². The summed E-state index contributed by atoms with van der Waals surface area (Å²) in [6.45, 7) is 14.3. The molecule has 38 heavy (non-hydrogen) atoms. The van der Waals surface area contributed by atoms with Gasteiger partial charge >= 0.3 is 11.9 Å². The Labute approximate surface area is 229 Å². The monoisotopic (exact) mass is 536 g/mol. The van der Waals surface area contributed by atoms with Gasteiger partial charge in [-0.1, -0.05) is 20.8 Å². The molecule has 4 rings (SSSR count). The summed E-state index contributed by atoms with van der Waals surface area (Å²) in [5.74, 6) is -0.593. The van der Waals surface area contributed by atoms with Crippen LogP contribution in [0.3, 0.4) is 0 Å². The van der Waals surface area contributed by atoms with Gasteiger partial charge in [0.1, 0.15) is 0 Å². The molecule has 3 saturated carbocycles. The van der Waals surface area contributed by atoms with Crippen LogP contribution in [0.5, 0.6) is 0 Å². The highest BCUT2D eigenvalue weighted by molar-refractivity contribution is 5.78. The van der Waals surface area contributed by atoms with Crippen molar-refractivity contribution >= 4 is 11.9 Å². The van der Waals surface area contributed by atoms with Crippen molar-refractivity contribution in [3.8, 4) is 0 Å². The van der Waals surface area contributed by atoms with Gasteiger partial charge in [0.05, 0.1) is 35.9 Å². The quantitative estimate of drug-likeness (QED) is 0.392. The van der Waals surface area contributed by atoms with E-state index in [1.807, 2.05) is 13.8 Å². The molecule has 1 aliphatic heterocycles. The zero-order valence-electron chi connectivity index (χ0n) is 24.9. The highest BCUT2D eigenvalue weighted by atomic mass is 16.5. The molecule has 0 aromatic rings. The number of fused-ring (bicyclic) bond motifs is 5. The summed E-state index contributed by atoms with van der Waals surface area (Å²) < 4.78 is 12.2. The molecule has 7 heteroatoms. The average Bonchev–Trinajstić information content (AvgIpc) is 2.81. The number of carbonyl (C=O) groups excluding carboxylic acids is 1. The van der Waals surface area contributed by atoms with Gasteiger partial charge in [-0.2, -0.15) is 0 Å². The van der Waals surface area contributed by atoms with Gasteiger partial charge in [0.15, 0.2) is 0 Å². The van der Waals surface area contributed by atoms with Crippen LogP contribution in [0.25, 0.3) is 0 Å². The second kappa shape index (κ2) is 9.44. The predicted octanol–water partition coefficient (Wildman–Crippen LogP) is 5.35. The number of ether oxygens (including phenoxy) is 2. The van der Waals surface area contributed by atoms with Gasteiger partial charge in [0, 0.05) is 6.42 Å². The van der Waals surface area contributed by atoms with Gasteiger partial charge in [-0.3, -0.25) is 9.59 Å². The number of rotatable bonds is 6. The minimum Gasteiger partial charge on any atom is -0.481 e. The first kappa shape index (κ1) is 29.8. The van der Waals surface area contributed by atoms with Gasteiger partial charge in [-0.15, -0.1) is 0 Å². The Morgan fingerprint density at radius 3 is 2.11 bits per heavy atom. The fourth-order valence-corrected chi connectivity index (χ4v) is 10.4. The number of methoxy groups -OCH3 is 1. The number of esters is 1. The third-order valence-electron chi connectivity index (χ3n) is 12.5. The van der Waals surface area contributed by atoms with Gasteiger partial charge < -0.3 is 24.8 Å². The van der Waals surface area contributed by atoms with Crippen LogP contribution in [0.1, 0.15) is 113 Å². The van der Waals surface area contributed by atoms with E-state index in [-0.39, 0.29) is 58.6 Å². The molecule has 1 saturated heterocycles. The number of hydrogen-bond acceptors (Lipinski definition) is 6. The molecule has 218 valence electrons. The zero-order valence-corrected chi connectivity index (χ0v) is 24.9. The number of aliphatic carboxylic acids is 1. The van der Waals surface area contributed by atoms with Gasteiger partial charge in [-0.25, -0.2) is 0 Å². The van der Waals surface area contributed by atoms with E-state index in [0.717, 1.165) is 32.1 Å². The lowest BCUT2D eigenvalue weighted by Gasteiger charge is -2.71. The molecular weight excluding hydrogens is 484 g/mol. The van der Waals surface area contributed by atoms with Crippen molar-refractivity contribution in [2.75, 3.05) is 7.11 Å². The summed E-state index contributed by atoms with van der Waals surface area (Å²) in [6, 6.07) is 0. The van der Waals surface area contributed by atoms with E-state index in [1.165, 1.54) is 7.11 Å². The number of aliphatic hydroxyl groups is 2. The molecule has 4 aliphatic rings. The fourth-order valence-electron chi connectivity index (χ4n) is 10.4. The summed E-state index contributed by atoms with van der Waals surface area (Å²) in [5.41, 5.74) is -3.14. The highest BCUT2D eigenvalue weighted by Gasteiger charge is 2.71. The Kier molecular flexibility index (Phi) is 7.40. The summed E-state index contributed by atoms with van der Waals surface area (Å²) in [7, 11) is 1.47. The molecular formula is C31H52O7. The first-order valence-electron chi connectivity index (χ1n) is 14.8. The van der Waals surface area contributed by atoms with E-state index < -0.39 is 22.6 Å². The third kappa shape index (κ3) is 4.34. The van der Waals surface area contributed by atoms with Gasteiger partial charge in [0.2, 0.25) is 0 Å². The summed E-state index contributed by atoms with van der Waals surface area (Å²) in [5, 5.41) is 31.8. The normalized spacial score (nSPS) is 45.4. The van der Waals surface area contributed by atoms with Crippen LogP contribution in [-0.4, -0.2) is 57.8 Å². The van der Waals surface area contributed by atoms with E-state index in [2.05, 4.69) is 20.8 Å². The first-order valence-corrected chi connectivity index (χ1v) is 14.8. The molecule has 3 N–H and O–H groups in total. The lowest BCUT2D eigenvalue weighted by molar-refractivity contribution is -0.285. The smallest absolute Gasteiger partial charge is 0.314 e. The number of carboxylic acids is 1. The molecule has 0 radical (unpaired) electrons. The van der Waals surface area contributed by atoms with Crippen LogP contribution in [-0.2, 0) is 19.1 Å². The molecule has 3 aliphatic carbocycles. The van der Waals surface area contributed by atoms with Crippen LogP contribution in [0.4, 0.5) is 0 Å². The predicted molar refractivity (Wildman–Crippen MR) is 144 cm³/mol. The third-order valence-corrected chi connectivity index (χ3v) is 12.5. The standard InChI is InChI=1S/C31H52O7/c1-26(2,35)20-11-15-30(7)21(28(20,5)14-13-23(32)33)10-9-19-24-31(25(34)37-8,18-17-29(19,30)6)16-12-22(38-24)27(3,4)36/h19-22,24,35-36H,9-18H2,1-8H3,(H,32,33). The largest absolute Gasteiger partial charge is 0.481 e. The molecule has 9 unspecified atom stereocenters. The van der Waals surface area contributed by atoms with Crippen molar-refractivity contribution in [1.29, 1.82) is 0 Å². The van der Waals surface area contributed by atoms with Crippen molar-refractivity contribution in [2.45, 2.75) is 136 Å². The Balaban J connectivity index is 1.77. The van der Waals surface area contributed by atoms with Gasteiger partial charge in [-0.05, 0) is 119 Å². The highest BCUT2D eigenvalue weighted by Crippen LogP contribution is 2.74. The summed E-state index contributed by atoms with van der Waals surface area (Å²) in [4.78, 5) is 25.1. The van der Waals surface area contributed by atoms with Crippen LogP contribution >= 0.6 is 0 Å².